The Labute approximate surface area is 136 Å². The van der Waals surface area contributed by atoms with E-state index in [2.05, 4.69) is 36.2 Å². The quantitative estimate of drug-likeness (QED) is 0.848. The Morgan fingerprint density at radius 2 is 2.00 bits per heavy atom. The van der Waals surface area contributed by atoms with Crippen LogP contribution in [0.15, 0.2) is 16.7 Å². The van der Waals surface area contributed by atoms with Gasteiger partial charge in [-0.3, -0.25) is 0 Å². The minimum Gasteiger partial charge on any atom is -0.369 e. The summed E-state index contributed by atoms with van der Waals surface area (Å²) in [5, 5.41) is 4.12. The predicted octanol–water partition coefficient (Wildman–Crippen LogP) is 4.60. The molecule has 4 nitrogen and oxygen atoms in total. The van der Waals surface area contributed by atoms with Gasteiger partial charge < -0.3 is 5.32 Å². The summed E-state index contributed by atoms with van der Waals surface area (Å²) in [6.45, 7) is 4.80. The molecule has 2 heterocycles. The molecule has 0 amide bonds. The van der Waals surface area contributed by atoms with E-state index in [1.807, 2.05) is 13.8 Å². The molecule has 20 heavy (non-hydrogen) atoms. The Morgan fingerprint density at radius 3 is 2.60 bits per heavy atom. The second kappa shape index (κ2) is 6.70. The lowest BCUT2D eigenvalue weighted by atomic mass is 10.2. The highest BCUT2D eigenvalue weighted by Crippen LogP contribution is 2.30. The summed E-state index contributed by atoms with van der Waals surface area (Å²) in [4.78, 5) is 13.2. The van der Waals surface area contributed by atoms with E-state index in [0.717, 1.165) is 29.0 Å². The van der Waals surface area contributed by atoms with Crippen molar-refractivity contribution in [2.24, 2.45) is 0 Å². The number of nitrogens with one attached hydrogen (secondary N) is 1. The van der Waals surface area contributed by atoms with Gasteiger partial charge in [0.1, 0.15) is 11.5 Å². The molecule has 1 N–H and O–H groups in total. The fourth-order valence-electron chi connectivity index (χ4n) is 1.70. The van der Waals surface area contributed by atoms with E-state index in [1.165, 1.54) is 6.20 Å². The predicted molar refractivity (Wildman–Crippen MR) is 86.5 cm³/mol. The highest BCUT2D eigenvalue weighted by Gasteiger charge is 2.15. The van der Waals surface area contributed by atoms with Crippen molar-refractivity contribution < 1.29 is 0 Å². The smallest absolute Gasteiger partial charge is 0.182 e. The summed E-state index contributed by atoms with van der Waals surface area (Å²) in [5.41, 5.74) is 1.43. The standard InChI is InChI=1S/C13H13BrCl2N4/c1-3-9-10(14)12(17-4-2)20-13(19-9)11-8(16)5-7(15)6-18-11/h5-6H,3-4H2,1-2H3,(H,17,19,20). The van der Waals surface area contributed by atoms with E-state index in [1.54, 1.807) is 6.07 Å². The lowest BCUT2D eigenvalue weighted by Gasteiger charge is -2.11. The zero-order valence-corrected chi connectivity index (χ0v) is 14.1. The summed E-state index contributed by atoms with van der Waals surface area (Å²) < 4.78 is 0.871. The average molecular weight is 376 g/mol. The molecular weight excluding hydrogens is 363 g/mol. The fraction of sp³-hybridized carbons (Fsp3) is 0.308. The van der Waals surface area contributed by atoms with E-state index in [4.69, 9.17) is 23.2 Å². The molecule has 0 unspecified atom stereocenters. The minimum atomic E-state index is 0.435. The van der Waals surface area contributed by atoms with Crippen LogP contribution >= 0.6 is 39.1 Å². The molecule has 2 aromatic rings. The first-order valence-electron chi connectivity index (χ1n) is 6.18. The third-order valence-corrected chi connectivity index (χ3v) is 3.95. The summed E-state index contributed by atoms with van der Waals surface area (Å²) in [5.74, 6) is 1.23. The van der Waals surface area contributed by atoms with Crippen LogP contribution in [0, 0.1) is 0 Å². The second-order valence-electron chi connectivity index (χ2n) is 4.02. The van der Waals surface area contributed by atoms with Gasteiger partial charge in [-0.25, -0.2) is 15.0 Å². The maximum absolute atomic E-state index is 6.17. The molecule has 0 spiro atoms. The molecule has 0 fully saturated rings. The van der Waals surface area contributed by atoms with E-state index in [0.29, 0.717) is 21.6 Å². The normalized spacial score (nSPS) is 10.7. The Balaban J connectivity index is 2.58. The highest BCUT2D eigenvalue weighted by atomic mass is 79.9. The number of aromatic nitrogens is 3. The van der Waals surface area contributed by atoms with Crippen LogP contribution in [0.4, 0.5) is 5.82 Å². The van der Waals surface area contributed by atoms with Gasteiger partial charge in [0.15, 0.2) is 5.82 Å². The number of aryl methyl sites for hydroxylation is 1. The second-order valence-corrected chi connectivity index (χ2v) is 5.66. The Morgan fingerprint density at radius 1 is 1.25 bits per heavy atom. The lowest BCUT2D eigenvalue weighted by molar-refractivity contribution is 0.978. The highest BCUT2D eigenvalue weighted by molar-refractivity contribution is 9.10. The number of hydrogen-bond donors (Lipinski definition) is 1. The van der Waals surface area contributed by atoms with Crippen LogP contribution < -0.4 is 5.32 Å². The van der Waals surface area contributed by atoms with Gasteiger partial charge in [-0.05, 0) is 35.3 Å². The molecular formula is C13H13BrCl2N4. The van der Waals surface area contributed by atoms with Crippen molar-refractivity contribution in [3.05, 3.63) is 32.5 Å². The Hall–Kier alpha value is -0.910. The van der Waals surface area contributed by atoms with Crippen LogP contribution in [-0.4, -0.2) is 21.5 Å². The number of pyridine rings is 1. The van der Waals surface area contributed by atoms with Gasteiger partial charge >= 0.3 is 0 Å². The first-order valence-corrected chi connectivity index (χ1v) is 7.73. The topological polar surface area (TPSA) is 50.7 Å². The van der Waals surface area contributed by atoms with E-state index >= 15 is 0 Å². The minimum absolute atomic E-state index is 0.435. The Kier molecular flexibility index (Phi) is 5.18. The van der Waals surface area contributed by atoms with Gasteiger partial charge in [0, 0.05) is 12.7 Å². The van der Waals surface area contributed by atoms with Crippen LogP contribution in [0.5, 0.6) is 0 Å². The van der Waals surface area contributed by atoms with Crippen molar-refractivity contribution in [3.8, 4) is 11.5 Å². The molecule has 0 saturated carbocycles. The summed E-state index contributed by atoms with van der Waals surface area (Å²) in [7, 11) is 0. The Bertz CT molecular complexity index is 634. The van der Waals surface area contributed by atoms with Crippen molar-refractivity contribution in [1.29, 1.82) is 0 Å². The first-order chi connectivity index (χ1) is 9.56. The molecule has 0 atom stereocenters. The molecule has 0 aliphatic rings. The largest absolute Gasteiger partial charge is 0.369 e. The zero-order valence-electron chi connectivity index (χ0n) is 11.0. The maximum atomic E-state index is 6.17. The SMILES string of the molecule is CCNc1nc(-c2ncc(Cl)cc2Cl)nc(CC)c1Br. The van der Waals surface area contributed by atoms with Crippen molar-refractivity contribution in [2.75, 3.05) is 11.9 Å². The van der Waals surface area contributed by atoms with Gasteiger partial charge in [0.05, 0.1) is 20.2 Å². The summed E-state index contributed by atoms with van der Waals surface area (Å²) in [6.07, 6.45) is 2.31. The molecule has 0 aliphatic carbocycles. The van der Waals surface area contributed by atoms with Crippen molar-refractivity contribution in [2.45, 2.75) is 20.3 Å². The van der Waals surface area contributed by atoms with Gasteiger partial charge in [-0.15, -0.1) is 0 Å². The number of nitrogens with zero attached hydrogens (tertiary/aromatic N) is 3. The van der Waals surface area contributed by atoms with Crippen molar-refractivity contribution in [3.63, 3.8) is 0 Å². The number of hydrogen-bond acceptors (Lipinski definition) is 4. The maximum Gasteiger partial charge on any atom is 0.182 e. The van der Waals surface area contributed by atoms with E-state index in [9.17, 15) is 0 Å². The first kappa shape index (κ1) is 15.5. The third-order valence-electron chi connectivity index (χ3n) is 2.62. The molecule has 0 saturated heterocycles. The molecule has 7 heteroatoms. The molecule has 0 aromatic carbocycles. The molecule has 2 aromatic heterocycles. The van der Waals surface area contributed by atoms with Gasteiger partial charge in [-0.1, -0.05) is 30.1 Å². The molecule has 0 aliphatic heterocycles. The average Bonchev–Trinajstić information content (AvgIpc) is 2.41. The van der Waals surface area contributed by atoms with E-state index in [-0.39, 0.29) is 0 Å². The van der Waals surface area contributed by atoms with Crippen LogP contribution in [0.1, 0.15) is 19.5 Å². The van der Waals surface area contributed by atoms with Crippen LogP contribution in [0.2, 0.25) is 10.0 Å². The molecule has 0 radical (unpaired) electrons. The van der Waals surface area contributed by atoms with Crippen molar-refractivity contribution in [1.82, 2.24) is 15.0 Å². The number of halogens is 3. The van der Waals surface area contributed by atoms with Gasteiger partial charge in [0.25, 0.3) is 0 Å². The fourth-order valence-corrected chi connectivity index (χ4v) is 2.76. The van der Waals surface area contributed by atoms with E-state index < -0.39 is 0 Å². The number of rotatable bonds is 4. The van der Waals surface area contributed by atoms with Crippen LogP contribution in [-0.2, 0) is 6.42 Å². The third kappa shape index (κ3) is 3.22. The summed E-state index contributed by atoms with van der Waals surface area (Å²) >= 11 is 15.5. The van der Waals surface area contributed by atoms with Gasteiger partial charge in [0.2, 0.25) is 0 Å². The van der Waals surface area contributed by atoms with Gasteiger partial charge in [-0.2, -0.15) is 0 Å². The zero-order chi connectivity index (χ0) is 14.7. The van der Waals surface area contributed by atoms with Crippen LogP contribution in [0.25, 0.3) is 11.5 Å². The molecule has 0 bridgehead atoms. The lowest BCUT2D eigenvalue weighted by Crippen LogP contribution is -2.06. The summed E-state index contributed by atoms with van der Waals surface area (Å²) in [6, 6.07) is 1.63. The number of anilines is 1. The molecule has 106 valence electrons. The molecule has 2 rings (SSSR count). The van der Waals surface area contributed by atoms with Crippen molar-refractivity contribution >= 4 is 44.9 Å². The van der Waals surface area contributed by atoms with Crippen LogP contribution in [0.3, 0.4) is 0 Å². The monoisotopic (exact) mass is 374 g/mol.